The molecular weight excluding hydrogens is 438 g/mol. The largest absolute Gasteiger partial charge is 0.484 e. The van der Waals surface area contributed by atoms with Crippen molar-refractivity contribution < 1.29 is 9.53 Å². The predicted octanol–water partition coefficient (Wildman–Crippen LogP) is 4.88. The third kappa shape index (κ3) is 4.68. The Kier molecular flexibility index (Phi) is 5.71. The molecule has 0 saturated heterocycles. The Hall–Kier alpha value is -3.84. The van der Waals surface area contributed by atoms with E-state index in [0.717, 1.165) is 33.5 Å². The van der Waals surface area contributed by atoms with Gasteiger partial charge in [0, 0.05) is 11.4 Å². The van der Waals surface area contributed by atoms with Gasteiger partial charge in [-0.1, -0.05) is 35.9 Å². The Morgan fingerprint density at radius 2 is 1.70 bits per heavy atom. The number of carbonyl (C=O) groups excluding carboxylic acids is 1. The molecule has 1 unspecified atom stereocenters. The molecule has 3 aromatic carbocycles. The number of aryl methyl sites for hydroxylation is 1. The molecule has 2 heterocycles. The van der Waals surface area contributed by atoms with E-state index in [1.165, 1.54) is 0 Å². The number of hydrogen-bond donors (Lipinski definition) is 3. The third-order valence-electron chi connectivity index (χ3n) is 5.40. The first kappa shape index (κ1) is 21.0. The lowest BCUT2D eigenvalue weighted by atomic mass is 10.2. The number of fused-ring (bicyclic) bond motifs is 2. The SMILES string of the molecule is Cc1cc(Cl)ccc1OCC(=O)NC(Cc1nc2ccccc2[nH]1)c1nc2ccccc2[nH]1. The van der Waals surface area contributed by atoms with Crippen LogP contribution < -0.4 is 10.1 Å². The number of benzene rings is 3. The van der Waals surface area contributed by atoms with E-state index >= 15 is 0 Å². The maximum Gasteiger partial charge on any atom is 0.258 e. The normalized spacial score (nSPS) is 12.2. The highest BCUT2D eigenvalue weighted by Crippen LogP contribution is 2.23. The molecule has 5 aromatic rings. The van der Waals surface area contributed by atoms with E-state index < -0.39 is 6.04 Å². The number of H-pyrrole nitrogens is 2. The zero-order valence-corrected chi connectivity index (χ0v) is 18.7. The summed E-state index contributed by atoms with van der Waals surface area (Å²) >= 11 is 6.00. The van der Waals surface area contributed by atoms with E-state index in [2.05, 4.69) is 20.3 Å². The fourth-order valence-electron chi connectivity index (χ4n) is 3.80. The Morgan fingerprint density at radius 3 is 2.39 bits per heavy atom. The van der Waals surface area contributed by atoms with Gasteiger partial charge in [0.05, 0.1) is 28.1 Å². The molecule has 166 valence electrons. The van der Waals surface area contributed by atoms with Crippen LogP contribution in [0.15, 0.2) is 66.7 Å². The van der Waals surface area contributed by atoms with Gasteiger partial charge >= 0.3 is 0 Å². The molecule has 8 heteroatoms. The van der Waals surface area contributed by atoms with Crippen LogP contribution in [0.3, 0.4) is 0 Å². The quantitative estimate of drug-likeness (QED) is 0.323. The Bertz CT molecular complexity index is 1380. The molecule has 0 spiro atoms. The Morgan fingerprint density at radius 1 is 1.00 bits per heavy atom. The lowest BCUT2D eigenvalue weighted by Gasteiger charge is -2.16. The van der Waals surface area contributed by atoms with Gasteiger partial charge in [0.25, 0.3) is 5.91 Å². The molecule has 0 fully saturated rings. The molecule has 0 bridgehead atoms. The minimum atomic E-state index is -0.416. The lowest BCUT2D eigenvalue weighted by molar-refractivity contribution is -0.123. The zero-order valence-electron chi connectivity index (χ0n) is 17.9. The first-order chi connectivity index (χ1) is 16.0. The predicted molar refractivity (Wildman–Crippen MR) is 128 cm³/mol. The number of para-hydroxylation sites is 4. The van der Waals surface area contributed by atoms with E-state index in [4.69, 9.17) is 21.3 Å². The summed E-state index contributed by atoms with van der Waals surface area (Å²) in [5.74, 6) is 1.78. The van der Waals surface area contributed by atoms with Crippen molar-refractivity contribution in [2.24, 2.45) is 0 Å². The number of imidazole rings is 2. The minimum absolute atomic E-state index is 0.126. The number of carbonyl (C=O) groups is 1. The van der Waals surface area contributed by atoms with Crippen LogP contribution in [0.4, 0.5) is 0 Å². The van der Waals surface area contributed by atoms with Crippen LogP contribution in [0.5, 0.6) is 5.75 Å². The van der Waals surface area contributed by atoms with Gasteiger partial charge in [0.2, 0.25) is 0 Å². The molecule has 2 aromatic heterocycles. The number of nitrogens with one attached hydrogen (secondary N) is 3. The minimum Gasteiger partial charge on any atom is -0.484 e. The van der Waals surface area contributed by atoms with E-state index in [-0.39, 0.29) is 12.5 Å². The number of ether oxygens (including phenoxy) is 1. The molecular formula is C25H22ClN5O2. The standard InChI is InChI=1S/C25H22ClN5O2/c1-15-12-16(26)10-11-22(15)33-14-24(32)29-21(25-30-19-8-4-5-9-20(19)31-25)13-23-27-17-6-2-3-7-18(17)28-23/h2-12,21H,13-14H2,1H3,(H,27,28)(H,29,32)(H,30,31). The second-order valence-corrected chi connectivity index (χ2v) is 8.30. The molecule has 5 rings (SSSR count). The van der Waals surface area contributed by atoms with Crippen molar-refractivity contribution in [2.45, 2.75) is 19.4 Å². The van der Waals surface area contributed by atoms with E-state index in [9.17, 15) is 4.79 Å². The number of rotatable bonds is 7. The molecule has 33 heavy (non-hydrogen) atoms. The molecule has 0 saturated carbocycles. The number of aromatic nitrogens is 4. The third-order valence-corrected chi connectivity index (χ3v) is 5.64. The second-order valence-electron chi connectivity index (χ2n) is 7.86. The van der Waals surface area contributed by atoms with Gasteiger partial charge in [-0.3, -0.25) is 4.79 Å². The van der Waals surface area contributed by atoms with Crippen LogP contribution >= 0.6 is 11.6 Å². The first-order valence-corrected chi connectivity index (χ1v) is 11.0. The van der Waals surface area contributed by atoms with Crippen LogP contribution in [-0.4, -0.2) is 32.4 Å². The second kappa shape index (κ2) is 8.96. The summed E-state index contributed by atoms with van der Waals surface area (Å²) in [7, 11) is 0. The summed E-state index contributed by atoms with van der Waals surface area (Å²) in [6, 6.07) is 20.5. The highest BCUT2D eigenvalue weighted by atomic mass is 35.5. The number of hydrogen-bond acceptors (Lipinski definition) is 4. The lowest BCUT2D eigenvalue weighted by Crippen LogP contribution is -2.34. The van der Waals surface area contributed by atoms with Crippen molar-refractivity contribution in [1.29, 1.82) is 0 Å². The molecule has 1 amide bonds. The molecule has 7 nitrogen and oxygen atoms in total. The van der Waals surface area contributed by atoms with Crippen LogP contribution in [0.25, 0.3) is 22.1 Å². The van der Waals surface area contributed by atoms with Crippen LogP contribution in [0, 0.1) is 6.92 Å². The summed E-state index contributed by atoms with van der Waals surface area (Å²) in [4.78, 5) is 28.8. The molecule has 1 atom stereocenters. The van der Waals surface area contributed by atoms with Gasteiger partial charge in [-0.2, -0.15) is 0 Å². The number of aromatic amines is 2. The maximum absolute atomic E-state index is 12.8. The van der Waals surface area contributed by atoms with Crippen LogP contribution in [0.2, 0.25) is 5.02 Å². The fraction of sp³-hybridized carbons (Fsp3) is 0.160. The first-order valence-electron chi connectivity index (χ1n) is 10.6. The summed E-state index contributed by atoms with van der Waals surface area (Å²) < 4.78 is 5.72. The molecule has 3 N–H and O–H groups in total. The molecule has 0 aliphatic carbocycles. The van der Waals surface area contributed by atoms with Gasteiger partial charge in [-0.15, -0.1) is 0 Å². The van der Waals surface area contributed by atoms with E-state index in [1.807, 2.05) is 55.5 Å². The van der Waals surface area contributed by atoms with Crippen molar-refractivity contribution in [3.8, 4) is 5.75 Å². The molecule has 0 radical (unpaired) electrons. The van der Waals surface area contributed by atoms with Gasteiger partial charge in [-0.25, -0.2) is 9.97 Å². The van der Waals surface area contributed by atoms with Crippen LogP contribution in [-0.2, 0) is 11.2 Å². The number of amides is 1. The van der Waals surface area contributed by atoms with Gasteiger partial charge in [-0.05, 0) is 55.0 Å². The highest BCUT2D eigenvalue weighted by molar-refractivity contribution is 6.30. The van der Waals surface area contributed by atoms with Crippen molar-refractivity contribution >= 4 is 39.6 Å². The fourth-order valence-corrected chi connectivity index (χ4v) is 4.03. The average Bonchev–Trinajstić information content (AvgIpc) is 3.41. The monoisotopic (exact) mass is 459 g/mol. The molecule has 0 aliphatic heterocycles. The van der Waals surface area contributed by atoms with Gasteiger partial charge in [0.15, 0.2) is 6.61 Å². The maximum atomic E-state index is 12.8. The van der Waals surface area contributed by atoms with Crippen molar-refractivity contribution in [3.05, 3.63) is 89.0 Å². The van der Waals surface area contributed by atoms with E-state index in [1.54, 1.807) is 18.2 Å². The summed E-state index contributed by atoms with van der Waals surface area (Å²) in [6.07, 6.45) is 0.445. The van der Waals surface area contributed by atoms with Crippen molar-refractivity contribution in [3.63, 3.8) is 0 Å². The van der Waals surface area contributed by atoms with Crippen molar-refractivity contribution in [1.82, 2.24) is 25.3 Å². The smallest absolute Gasteiger partial charge is 0.258 e. The zero-order chi connectivity index (χ0) is 22.8. The molecule has 0 aliphatic rings. The number of halogens is 1. The summed E-state index contributed by atoms with van der Waals surface area (Å²) in [5, 5.41) is 3.67. The Balaban J connectivity index is 1.37. The summed E-state index contributed by atoms with van der Waals surface area (Å²) in [6.45, 7) is 1.76. The average molecular weight is 460 g/mol. The highest BCUT2D eigenvalue weighted by Gasteiger charge is 2.21. The topological polar surface area (TPSA) is 95.7 Å². The number of nitrogens with zero attached hydrogens (tertiary/aromatic N) is 2. The summed E-state index contributed by atoms with van der Waals surface area (Å²) in [5.41, 5.74) is 4.44. The van der Waals surface area contributed by atoms with E-state index in [0.29, 0.717) is 23.0 Å². The Labute approximate surface area is 195 Å². The van der Waals surface area contributed by atoms with Crippen molar-refractivity contribution in [2.75, 3.05) is 6.61 Å². The van der Waals surface area contributed by atoms with Gasteiger partial charge < -0.3 is 20.0 Å². The van der Waals surface area contributed by atoms with Gasteiger partial charge in [0.1, 0.15) is 17.4 Å². The van der Waals surface area contributed by atoms with Crippen LogP contribution in [0.1, 0.15) is 23.3 Å².